The van der Waals surface area contributed by atoms with Crippen molar-refractivity contribution >= 4 is 12.6 Å². The van der Waals surface area contributed by atoms with Gasteiger partial charge in [-0.25, -0.2) is 0 Å². The fraction of sp³-hybridized carbons (Fsp3) is 0.571. The molecule has 2 nitrogen and oxygen atoms in total. The van der Waals surface area contributed by atoms with Crippen molar-refractivity contribution < 1.29 is 9.59 Å². The number of carbonyl (C=O) groups is 2. The van der Waals surface area contributed by atoms with Crippen molar-refractivity contribution in [3.63, 3.8) is 0 Å². The molecule has 2 bridgehead atoms. The van der Waals surface area contributed by atoms with Crippen molar-refractivity contribution in [3.05, 3.63) is 23.8 Å². The highest BCUT2D eigenvalue weighted by atomic mass is 16.1. The minimum absolute atomic E-state index is 0.424. The Morgan fingerprint density at radius 1 is 1.25 bits per heavy atom. The third kappa shape index (κ3) is 1.25. The number of rotatable bonds is 4. The van der Waals surface area contributed by atoms with Crippen LogP contribution >= 0.6 is 0 Å². The molecule has 0 aliphatic heterocycles. The van der Waals surface area contributed by atoms with E-state index in [4.69, 9.17) is 0 Å². The highest BCUT2D eigenvalue weighted by Gasteiger charge is 2.51. The second-order valence-electron chi connectivity index (χ2n) is 5.22. The van der Waals surface area contributed by atoms with Gasteiger partial charge in [-0.15, -0.1) is 0 Å². The van der Waals surface area contributed by atoms with Gasteiger partial charge in [0.25, 0.3) is 0 Å². The zero-order valence-electron chi connectivity index (χ0n) is 9.21. The number of aldehydes is 2. The maximum absolute atomic E-state index is 10.7. The number of fused-ring (bicyclic) bond motifs is 5. The summed E-state index contributed by atoms with van der Waals surface area (Å²) in [5, 5.41) is 0. The zero-order chi connectivity index (χ0) is 11.1. The summed E-state index contributed by atoms with van der Waals surface area (Å²) in [5.74, 6) is 2.88. The molecule has 0 spiro atoms. The Labute approximate surface area is 95.4 Å². The molecule has 3 rings (SSSR count). The second kappa shape index (κ2) is 3.69. The molecule has 16 heavy (non-hydrogen) atoms. The molecule has 5 atom stereocenters. The van der Waals surface area contributed by atoms with Gasteiger partial charge >= 0.3 is 0 Å². The smallest absolute Gasteiger partial charge is 0.124 e. The largest absolute Gasteiger partial charge is 0.303 e. The van der Waals surface area contributed by atoms with Crippen LogP contribution in [-0.4, -0.2) is 12.6 Å². The van der Waals surface area contributed by atoms with Crippen LogP contribution in [0.15, 0.2) is 23.8 Å². The molecular weight excluding hydrogens is 200 g/mol. The molecule has 0 aromatic rings. The first-order valence-electron chi connectivity index (χ1n) is 6.11. The molecule has 0 saturated heterocycles. The fourth-order valence-electron chi connectivity index (χ4n) is 4.05. The Morgan fingerprint density at radius 2 is 2.12 bits per heavy atom. The molecule has 1 fully saturated rings. The summed E-state index contributed by atoms with van der Waals surface area (Å²) >= 11 is 0. The molecule has 84 valence electrons. The van der Waals surface area contributed by atoms with Crippen LogP contribution in [0.2, 0.25) is 0 Å². The molecule has 2 heteroatoms. The lowest BCUT2D eigenvalue weighted by Gasteiger charge is -2.28. The average molecular weight is 216 g/mol. The summed E-state index contributed by atoms with van der Waals surface area (Å²) in [6.07, 6.45) is 11.3. The van der Waals surface area contributed by atoms with Gasteiger partial charge in [0.05, 0.1) is 0 Å². The SMILES string of the molecule is O=CCC1=CC2CC1C1C(CC=O)C=CC21. The Hall–Kier alpha value is -1.18. The van der Waals surface area contributed by atoms with Crippen LogP contribution in [0.3, 0.4) is 0 Å². The summed E-state index contributed by atoms with van der Waals surface area (Å²) in [5.41, 5.74) is 1.33. The van der Waals surface area contributed by atoms with Gasteiger partial charge in [0.15, 0.2) is 0 Å². The van der Waals surface area contributed by atoms with E-state index in [-0.39, 0.29) is 0 Å². The van der Waals surface area contributed by atoms with Crippen molar-refractivity contribution in [2.75, 3.05) is 0 Å². The Morgan fingerprint density at radius 3 is 2.88 bits per heavy atom. The molecule has 0 aromatic carbocycles. The zero-order valence-corrected chi connectivity index (χ0v) is 9.21. The molecule has 0 radical (unpaired) electrons. The maximum atomic E-state index is 10.7. The van der Waals surface area contributed by atoms with E-state index in [0.29, 0.717) is 42.4 Å². The monoisotopic (exact) mass is 216 g/mol. The maximum Gasteiger partial charge on any atom is 0.124 e. The quantitative estimate of drug-likeness (QED) is 0.533. The van der Waals surface area contributed by atoms with Gasteiger partial charge in [0.1, 0.15) is 12.6 Å². The lowest BCUT2D eigenvalue weighted by molar-refractivity contribution is -0.109. The summed E-state index contributed by atoms with van der Waals surface area (Å²) < 4.78 is 0. The van der Waals surface area contributed by atoms with Gasteiger partial charge in [0.2, 0.25) is 0 Å². The van der Waals surface area contributed by atoms with Crippen LogP contribution in [0.25, 0.3) is 0 Å². The molecule has 3 aliphatic carbocycles. The first-order valence-corrected chi connectivity index (χ1v) is 6.11. The minimum atomic E-state index is 0.424. The molecule has 3 aliphatic rings. The van der Waals surface area contributed by atoms with Crippen molar-refractivity contribution in [3.8, 4) is 0 Å². The molecule has 0 N–H and O–H groups in total. The topological polar surface area (TPSA) is 34.1 Å². The highest BCUT2D eigenvalue weighted by Crippen LogP contribution is 2.58. The van der Waals surface area contributed by atoms with Gasteiger partial charge < -0.3 is 9.59 Å². The molecule has 0 heterocycles. The van der Waals surface area contributed by atoms with E-state index in [1.165, 1.54) is 12.0 Å². The Balaban J connectivity index is 1.83. The summed E-state index contributed by atoms with van der Waals surface area (Å²) in [4.78, 5) is 21.3. The Kier molecular flexibility index (Phi) is 2.31. The third-order valence-corrected chi connectivity index (χ3v) is 4.60. The van der Waals surface area contributed by atoms with E-state index in [1.54, 1.807) is 0 Å². The van der Waals surface area contributed by atoms with E-state index >= 15 is 0 Å². The van der Waals surface area contributed by atoms with E-state index in [1.807, 2.05) is 0 Å². The van der Waals surface area contributed by atoms with Crippen molar-refractivity contribution in [1.29, 1.82) is 0 Å². The third-order valence-electron chi connectivity index (χ3n) is 4.60. The summed E-state index contributed by atoms with van der Waals surface area (Å²) in [6.45, 7) is 0. The number of carbonyl (C=O) groups excluding carboxylic acids is 2. The second-order valence-corrected chi connectivity index (χ2v) is 5.22. The van der Waals surface area contributed by atoms with Gasteiger partial charge in [-0.3, -0.25) is 0 Å². The average Bonchev–Trinajstić information content (AvgIpc) is 2.91. The van der Waals surface area contributed by atoms with Crippen LogP contribution in [0.5, 0.6) is 0 Å². The van der Waals surface area contributed by atoms with Gasteiger partial charge in [-0.05, 0) is 36.0 Å². The standard InChI is InChI=1S/C14H16O2/c15-5-3-9-1-2-12-11-7-10(4-6-16)13(8-11)14(9)12/h1-2,5-7,9,11-14H,3-4,8H2. The van der Waals surface area contributed by atoms with E-state index < -0.39 is 0 Å². The van der Waals surface area contributed by atoms with Crippen LogP contribution in [0.1, 0.15) is 19.3 Å². The first kappa shape index (κ1) is 10.0. The lowest BCUT2D eigenvalue weighted by atomic mass is 9.75. The van der Waals surface area contributed by atoms with Crippen molar-refractivity contribution in [2.24, 2.45) is 29.6 Å². The van der Waals surface area contributed by atoms with Crippen molar-refractivity contribution in [1.82, 2.24) is 0 Å². The molecule has 0 amide bonds. The fourth-order valence-corrected chi connectivity index (χ4v) is 4.05. The van der Waals surface area contributed by atoms with Gasteiger partial charge in [0, 0.05) is 12.8 Å². The minimum Gasteiger partial charge on any atom is -0.303 e. The first-order chi connectivity index (χ1) is 7.85. The van der Waals surface area contributed by atoms with Crippen LogP contribution in [0, 0.1) is 29.6 Å². The summed E-state index contributed by atoms with van der Waals surface area (Å²) in [6, 6.07) is 0. The predicted molar refractivity (Wildman–Crippen MR) is 60.7 cm³/mol. The predicted octanol–water partition coefficient (Wildman–Crippen LogP) is 2.16. The molecular formula is C14H16O2. The number of allylic oxidation sites excluding steroid dienone is 4. The van der Waals surface area contributed by atoms with Crippen LogP contribution in [-0.2, 0) is 9.59 Å². The van der Waals surface area contributed by atoms with Crippen LogP contribution in [0.4, 0.5) is 0 Å². The Bertz CT molecular complexity index is 380. The van der Waals surface area contributed by atoms with E-state index in [0.717, 1.165) is 12.6 Å². The highest BCUT2D eigenvalue weighted by molar-refractivity contribution is 5.56. The summed E-state index contributed by atoms with van der Waals surface area (Å²) in [7, 11) is 0. The van der Waals surface area contributed by atoms with E-state index in [9.17, 15) is 9.59 Å². The lowest BCUT2D eigenvalue weighted by Crippen LogP contribution is -2.23. The molecule has 1 saturated carbocycles. The number of hydrogen-bond donors (Lipinski definition) is 0. The van der Waals surface area contributed by atoms with Crippen molar-refractivity contribution in [2.45, 2.75) is 19.3 Å². The molecule has 0 aromatic heterocycles. The van der Waals surface area contributed by atoms with E-state index in [2.05, 4.69) is 18.2 Å². The normalized spacial score (nSPS) is 43.2. The number of hydrogen-bond acceptors (Lipinski definition) is 2. The molecule has 5 unspecified atom stereocenters. The van der Waals surface area contributed by atoms with Gasteiger partial charge in [-0.2, -0.15) is 0 Å². The van der Waals surface area contributed by atoms with Gasteiger partial charge in [-0.1, -0.05) is 23.8 Å². The van der Waals surface area contributed by atoms with Crippen LogP contribution < -0.4 is 0 Å².